The number of para-hydroxylation sites is 1. The van der Waals surface area contributed by atoms with Crippen LogP contribution in [-0.4, -0.2) is 65.0 Å². The van der Waals surface area contributed by atoms with Gasteiger partial charge in [-0.3, -0.25) is 10.2 Å². The third-order valence-electron chi connectivity index (χ3n) is 6.37. The predicted molar refractivity (Wildman–Crippen MR) is 138 cm³/mol. The van der Waals surface area contributed by atoms with Crippen LogP contribution in [0.1, 0.15) is 23.1 Å². The topological polar surface area (TPSA) is 151 Å². The number of rotatable bonds is 4. The highest BCUT2D eigenvalue weighted by Crippen LogP contribution is 2.29. The van der Waals surface area contributed by atoms with Crippen LogP contribution in [0.2, 0.25) is 0 Å². The maximum absolute atomic E-state index is 12.9. The summed E-state index contributed by atoms with van der Waals surface area (Å²) in [4.78, 5) is 32.5. The van der Waals surface area contributed by atoms with Crippen molar-refractivity contribution in [2.75, 3.05) is 23.3 Å². The number of benzodiazepines with no additional fused rings is 1. The second-order valence-corrected chi connectivity index (χ2v) is 8.94. The number of carbonyl (C=O) groups is 1. The molecule has 1 amide bonds. The molecule has 0 spiro atoms. The quantitative estimate of drug-likeness (QED) is 0.369. The smallest absolute Gasteiger partial charge is 0.291 e. The first-order chi connectivity index (χ1) is 18.0. The predicted octanol–water partition coefficient (Wildman–Crippen LogP) is 1.93. The van der Waals surface area contributed by atoms with Gasteiger partial charge in [-0.2, -0.15) is 4.99 Å². The summed E-state index contributed by atoms with van der Waals surface area (Å²) >= 11 is 0. The van der Waals surface area contributed by atoms with Gasteiger partial charge in [0.15, 0.2) is 0 Å². The lowest BCUT2D eigenvalue weighted by atomic mass is 9.99. The summed E-state index contributed by atoms with van der Waals surface area (Å²) in [5, 5.41) is 11.1. The molecule has 0 saturated carbocycles. The van der Waals surface area contributed by atoms with Crippen molar-refractivity contribution in [1.82, 2.24) is 9.97 Å². The van der Waals surface area contributed by atoms with E-state index in [1.165, 1.54) is 12.4 Å². The molecule has 2 aromatic carbocycles. The summed E-state index contributed by atoms with van der Waals surface area (Å²) in [6, 6.07) is 16.5. The normalized spacial score (nSPS) is 22.6. The van der Waals surface area contributed by atoms with Crippen molar-refractivity contribution in [1.29, 1.82) is 5.41 Å². The summed E-state index contributed by atoms with van der Waals surface area (Å²) in [5.41, 5.74) is 9.12. The average molecular weight is 497 g/mol. The maximum atomic E-state index is 12.9. The van der Waals surface area contributed by atoms with Crippen LogP contribution in [0.5, 0.6) is 0 Å². The lowest BCUT2D eigenvalue weighted by molar-refractivity contribution is -0.133. The molecule has 2 bridgehead atoms. The number of anilines is 2. The van der Waals surface area contributed by atoms with E-state index in [-0.39, 0.29) is 24.1 Å². The van der Waals surface area contributed by atoms with Gasteiger partial charge in [0.2, 0.25) is 18.0 Å². The summed E-state index contributed by atoms with van der Waals surface area (Å²) in [5.74, 6) is -0.177. The molecule has 4 N–H and O–H groups in total. The number of aliphatic imine (C=N–C) groups is 2. The molecule has 7 rings (SSSR count). The zero-order valence-electron chi connectivity index (χ0n) is 19.7. The van der Waals surface area contributed by atoms with Crippen molar-refractivity contribution in [2.24, 2.45) is 15.7 Å². The van der Waals surface area contributed by atoms with Crippen molar-refractivity contribution < 1.29 is 14.3 Å². The van der Waals surface area contributed by atoms with E-state index in [0.29, 0.717) is 22.9 Å². The largest absolute Gasteiger partial charge is 0.407 e. The van der Waals surface area contributed by atoms with Crippen LogP contribution >= 0.6 is 0 Å². The minimum Gasteiger partial charge on any atom is -0.407 e. The molecule has 4 aliphatic rings. The molecule has 3 aromatic rings. The van der Waals surface area contributed by atoms with Crippen LogP contribution in [0, 0.1) is 5.41 Å². The van der Waals surface area contributed by atoms with Crippen molar-refractivity contribution in [3.05, 3.63) is 83.7 Å². The molecule has 3 atom stereocenters. The van der Waals surface area contributed by atoms with Crippen LogP contribution < -0.4 is 16.0 Å². The number of hydrogen-bond donors (Lipinski definition) is 3. The molecule has 3 unspecified atom stereocenters. The van der Waals surface area contributed by atoms with E-state index in [1.54, 1.807) is 6.07 Å². The number of nitrogens with zero attached hydrogens (tertiary/aromatic N) is 5. The number of fused-ring (bicyclic) bond motifs is 3. The Morgan fingerprint density at radius 2 is 1.76 bits per heavy atom. The molecule has 186 valence electrons. The molecule has 1 aromatic heterocycles. The Kier molecular flexibility index (Phi) is 5.81. The molecule has 37 heavy (non-hydrogen) atoms. The number of amides is 1. The Morgan fingerprint density at radius 1 is 1.08 bits per heavy atom. The third-order valence-corrected chi connectivity index (χ3v) is 6.37. The summed E-state index contributed by atoms with van der Waals surface area (Å²) in [6.07, 6.45) is 3.34. The van der Waals surface area contributed by atoms with Gasteiger partial charge < -0.3 is 25.4 Å². The van der Waals surface area contributed by atoms with Gasteiger partial charge in [0, 0.05) is 43.0 Å². The molecular formula is C26H24N8O3. The number of aromatic nitrogens is 2. The monoisotopic (exact) mass is 496 g/mol. The van der Waals surface area contributed by atoms with Gasteiger partial charge in [-0.15, -0.1) is 0 Å². The highest BCUT2D eigenvalue weighted by atomic mass is 16.5. The average Bonchev–Trinajstić information content (AvgIpc) is 3.05. The van der Waals surface area contributed by atoms with Crippen LogP contribution in [0.25, 0.3) is 0 Å². The van der Waals surface area contributed by atoms with E-state index in [2.05, 4.69) is 30.2 Å². The number of ether oxygens (including phenoxy) is 2. The number of piperidine rings is 1. The highest BCUT2D eigenvalue weighted by Gasteiger charge is 2.39. The SMILES string of the molecule is N=C(O/C(N)=N/C1N=C(c2ccccc2)c2ccccc2NC1=O)c1cnc(N2CC3CC(C2)O3)nc1. The number of amidine groups is 1. The summed E-state index contributed by atoms with van der Waals surface area (Å²) in [6.45, 7) is 1.50. The Balaban J connectivity index is 1.20. The van der Waals surface area contributed by atoms with Crippen molar-refractivity contribution >= 4 is 35.2 Å². The van der Waals surface area contributed by atoms with Crippen LogP contribution in [0.4, 0.5) is 11.6 Å². The second kappa shape index (κ2) is 9.43. The molecule has 0 radical (unpaired) electrons. The first kappa shape index (κ1) is 22.8. The number of carbonyl (C=O) groups excluding carboxylic acids is 1. The Morgan fingerprint density at radius 3 is 2.49 bits per heavy atom. The second-order valence-electron chi connectivity index (χ2n) is 8.94. The first-order valence-electron chi connectivity index (χ1n) is 11.9. The summed E-state index contributed by atoms with van der Waals surface area (Å²) in [7, 11) is 0. The van der Waals surface area contributed by atoms with Crippen molar-refractivity contribution in [3.63, 3.8) is 0 Å². The van der Waals surface area contributed by atoms with Crippen LogP contribution in [-0.2, 0) is 14.3 Å². The number of benzene rings is 2. The van der Waals surface area contributed by atoms with E-state index in [9.17, 15) is 4.79 Å². The van der Waals surface area contributed by atoms with E-state index in [1.807, 2.05) is 48.5 Å². The highest BCUT2D eigenvalue weighted by molar-refractivity contribution is 6.19. The lowest BCUT2D eigenvalue weighted by Crippen LogP contribution is -2.57. The van der Waals surface area contributed by atoms with Crippen molar-refractivity contribution in [2.45, 2.75) is 24.8 Å². The van der Waals surface area contributed by atoms with Gasteiger partial charge in [0.1, 0.15) is 0 Å². The van der Waals surface area contributed by atoms with Crippen LogP contribution in [0.3, 0.4) is 0 Å². The van der Waals surface area contributed by atoms with E-state index < -0.39 is 12.1 Å². The molecular weight excluding hydrogens is 472 g/mol. The molecule has 11 heteroatoms. The lowest BCUT2D eigenvalue weighted by Gasteiger charge is -2.46. The van der Waals surface area contributed by atoms with E-state index >= 15 is 0 Å². The third kappa shape index (κ3) is 4.64. The zero-order valence-corrected chi connectivity index (χ0v) is 19.7. The number of nitrogens with one attached hydrogen (secondary N) is 2. The van der Waals surface area contributed by atoms with Gasteiger partial charge in [-0.1, -0.05) is 48.5 Å². The fourth-order valence-electron chi connectivity index (χ4n) is 4.59. The molecule has 3 fully saturated rings. The minimum absolute atomic E-state index is 0.235. The maximum Gasteiger partial charge on any atom is 0.291 e. The van der Waals surface area contributed by atoms with Gasteiger partial charge >= 0.3 is 0 Å². The fraction of sp³-hybridized carbons (Fsp3) is 0.231. The van der Waals surface area contributed by atoms with Gasteiger partial charge in [-0.25, -0.2) is 15.0 Å². The fourth-order valence-corrected chi connectivity index (χ4v) is 4.59. The van der Waals surface area contributed by atoms with E-state index in [0.717, 1.165) is 30.6 Å². The summed E-state index contributed by atoms with van der Waals surface area (Å²) < 4.78 is 11.0. The number of morpholine rings is 1. The molecule has 4 aliphatic heterocycles. The van der Waals surface area contributed by atoms with E-state index in [4.69, 9.17) is 20.6 Å². The minimum atomic E-state index is -1.21. The van der Waals surface area contributed by atoms with Gasteiger partial charge in [0.05, 0.1) is 29.2 Å². The Hall–Kier alpha value is -4.64. The van der Waals surface area contributed by atoms with Crippen molar-refractivity contribution in [3.8, 4) is 0 Å². The molecule has 11 nitrogen and oxygen atoms in total. The Labute approximate surface area is 212 Å². The molecule has 0 aliphatic carbocycles. The number of hydrogen-bond acceptors (Lipinski definition) is 9. The van der Waals surface area contributed by atoms with Gasteiger partial charge in [-0.05, 0) is 6.07 Å². The molecule has 5 heterocycles. The van der Waals surface area contributed by atoms with Crippen LogP contribution in [0.15, 0.2) is 77.0 Å². The van der Waals surface area contributed by atoms with Gasteiger partial charge in [0.25, 0.3) is 11.9 Å². The molecule has 3 saturated heterocycles. The standard InChI is InChI=1S/C26H24N8O3/c27-22(16-11-29-26(30-12-16)34-13-17-10-18(14-34)36-17)37-25(28)33-23-24(35)31-20-9-5-4-8-19(20)21(32-23)15-6-2-1-3-7-15/h1-9,11-12,17-18,23,27H,10,13-14H2,(H2,28,33)(H,31,35). The first-order valence-corrected chi connectivity index (χ1v) is 11.9. The Bertz CT molecular complexity index is 1390. The number of nitrogens with two attached hydrogens (primary N) is 1. The zero-order chi connectivity index (χ0) is 25.4.